The van der Waals surface area contributed by atoms with Gasteiger partial charge in [0.1, 0.15) is 6.54 Å². The molecule has 1 amide bonds. The van der Waals surface area contributed by atoms with E-state index < -0.39 is 23.2 Å². The van der Waals surface area contributed by atoms with E-state index in [9.17, 15) is 13.6 Å². The molecule has 6 heteroatoms. The van der Waals surface area contributed by atoms with Crippen LogP contribution in [0.5, 0.6) is 0 Å². The Labute approximate surface area is 84.8 Å². The van der Waals surface area contributed by atoms with Crippen molar-refractivity contribution in [2.24, 2.45) is 0 Å². The van der Waals surface area contributed by atoms with Crippen LogP contribution in [0.2, 0.25) is 0 Å². The molecule has 0 fully saturated rings. The Balaban J connectivity index is 3.02. The maximum absolute atomic E-state index is 13.1. The van der Waals surface area contributed by atoms with Crippen molar-refractivity contribution < 1.29 is 13.6 Å². The number of rotatable bonds is 2. The van der Waals surface area contributed by atoms with E-state index in [0.29, 0.717) is 0 Å². The number of carbonyl (C=O) groups excluding carboxylic acids is 1. The van der Waals surface area contributed by atoms with Crippen molar-refractivity contribution in [1.29, 1.82) is 5.26 Å². The number of halogens is 2. The van der Waals surface area contributed by atoms with Gasteiger partial charge < -0.3 is 4.90 Å². The van der Waals surface area contributed by atoms with Crippen LogP contribution in [0, 0.1) is 23.1 Å². The molecule has 1 heterocycles. The van der Waals surface area contributed by atoms with Gasteiger partial charge in [-0.05, 0) is 6.07 Å². The summed E-state index contributed by atoms with van der Waals surface area (Å²) in [5.74, 6) is -3.38. The molecule has 4 nitrogen and oxygen atoms in total. The zero-order valence-corrected chi connectivity index (χ0v) is 7.87. The lowest BCUT2D eigenvalue weighted by Gasteiger charge is -2.12. The quantitative estimate of drug-likeness (QED) is 0.540. The summed E-state index contributed by atoms with van der Waals surface area (Å²) in [7, 11) is 1.32. The second kappa shape index (κ2) is 4.46. The first-order chi connectivity index (χ1) is 7.07. The van der Waals surface area contributed by atoms with Gasteiger partial charge in [-0.3, -0.25) is 4.79 Å². The minimum atomic E-state index is -1.33. The molecule has 15 heavy (non-hydrogen) atoms. The van der Waals surface area contributed by atoms with Gasteiger partial charge in [-0.1, -0.05) is 0 Å². The number of pyridine rings is 1. The van der Waals surface area contributed by atoms with E-state index in [4.69, 9.17) is 5.26 Å². The van der Waals surface area contributed by atoms with Crippen molar-refractivity contribution in [1.82, 2.24) is 9.88 Å². The summed E-state index contributed by atoms with van der Waals surface area (Å²) in [4.78, 5) is 15.5. The van der Waals surface area contributed by atoms with Crippen molar-refractivity contribution in [3.8, 4) is 6.07 Å². The Morgan fingerprint density at radius 3 is 2.93 bits per heavy atom. The lowest BCUT2D eigenvalue weighted by Crippen LogP contribution is -2.28. The second-order valence-electron chi connectivity index (χ2n) is 2.78. The predicted octanol–water partition coefficient (Wildman–Crippen LogP) is 0.955. The molecular formula is C9H7F2N3O. The molecular weight excluding hydrogens is 204 g/mol. The topological polar surface area (TPSA) is 57.0 Å². The number of aromatic nitrogens is 1. The number of amides is 1. The zero-order valence-electron chi connectivity index (χ0n) is 7.87. The Morgan fingerprint density at radius 2 is 2.33 bits per heavy atom. The van der Waals surface area contributed by atoms with Gasteiger partial charge in [0, 0.05) is 13.2 Å². The van der Waals surface area contributed by atoms with Crippen LogP contribution < -0.4 is 0 Å². The Bertz CT molecular complexity index is 428. The van der Waals surface area contributed by atoms with Crippen LogP contribution in [0.15, 0.2) is 12.3 Å². The number of carbonyl (C=O) groups is 1. The van der Waals surface area contributed by atoms with Gasteiger partial charge in [-0.15, -0.1) is 0 Å². The number of nitrogens with zero attached hydrogens (tertiary/aromatic N) is 3. The number of nitriles is 1. The van der Waals surface area contributed by atoms with Crippen molar-refractivity contribution >= 4 is 5.91 Å². The lowest BCUT2D eigenvalue weighted by atomic mass is 10.2. The molecule has 0 aromatic carbocycles. The standard InChI is InChI=1S/C9H7F2N3O/c1-14(5-3-12)9(15)6-2-4-13-8(11)7(6)10/h2,4H,5H2,1H3. The average Bonchev–Trinajstić information content (AvgIpc) is 2.21. The van der Waals surface area contributed by atoms with Crippen molar-refractivity contribution in [3.05, 3.63) is 29.6 Å². The monoisotopic (exact) mass is 211 g/mol. The van der Waals surface area contributed by atoms with Gasteiger partial charge in [-0.25, -0.2) is 9.37 Å². The Kier molecular flexibility index (Phi) is 3.29. The third kappa shape index (κ3) is 2.26. The first-order valence-corrected chi connectivity index (χ1v) is 4.00. The van der Waals surface area contributed by atoms with Crippen LogP contribution in [0.25, 0.3) is 0 Å². The minimum absolute atomic E-state index is 0.192. The van der Waals surface area contributed by atoms with E-state index in [0.717, 1.165) is 17.2 Å². The molecule has 1 rings (SSSR count). The fraction of sp³-hybridized carbons (Fsp3) is 0.222. The minimum Gasteiger partial charge on any atom is -0.328 e. The molecule has 0 atom stereocenters. The average molecular weight is 211 g/mol. The molecule has 0 radical (unpaired) electrons. The van der Waals surface area contributed by atoms with E-state index >= 15 is 0 Å². The lowest BCUT2D eigenvalue weighted by molar-refractivity contribution is 0.0806. The highest BCUT2D eigenvalue weighted by Gasteiger charge is 2.18. The van der Waals surface area contributed by atoms with Gasteiger partial charge in [0.2, 0.25) is 5.95 Å². The molecule has 0 saturated carbocycles. The maximum Gasteiger partial charge on any atom is 0.257 e. The molecule has 0 saturated heterocycles. The van der Waals surface area contributed by atoms with Crippen molar-refractivity contribution in [2.45, 2.75) is 0 Å². The highest BCUT2D eigenvalue weighted by Crippen LogP contribution is 2.10. The smallest absolute Gasteiger partial charge is 0.257 e. The first-order valence-electron chi connectivity index (χ1n) is 4.00. The van der Waals surface area contributed by atoms with Gasteiger partial charge in [0.15, 0.2) is 5.82 Å². The molecule has 1 aromatic heterocycles. The summed E-state index contributed by atoms with van der Waals surface area (Å²) in [5, 5.41) is 8.33. The van der Waals surface area contributed by atoms with Crippen molar-refractivity contribution in [3.63, 3.8) is 0 Å². The van der Waals surface area contributed by atoms with E-state index in [-0.39, 0.29) is 6.54 Å². The molecule has 0 aliphatic rings. The normalized spacial score (nSPS) is 9.47. The largest absolute Gasteiger partial charge is 0.328 e. The van der Waals surface area contributed by atoms with E-state index in [2.05, 4.69) is 4.98 Å². The number of hydrogen-bond donors (Lipinski definition) is 0. The predicted molar refractivity (Wildman–Crippen MR) is 46.7 cm³/mol. The van der Waals surface area contributed by atoms with E-state index in [1.54, 1.807) is 6.07 Å². The maximum atomic E-state index is 13.1. The molecule has 0 aliphatic heterocycles. The van der Waals surface area contributed by atoms with E-state index in [1.165, 1.54) is 7.05 Å². The SMILES string of the molecule is CN(CC#N)C(=O)c1ccnc(F)c1F. The van der Waals surface area contributed by atoms with Gasteiger partial charge >= 0.3 is 0 Å². The highest BCUT2D eigenvalue weighted by atomic mass is 19.2. The van der Waals surface area contributed by atoms with Crippen LogP contribution in [0.1, 0.15) is 10.4 Å². The first kappa shape index (κ1) is 11.0. The third-order valence-electron chi connectivity index (χ3n) is 1.73. The summed E-state index contributed by atoms with van der Waals surface area (Å²) in [6, 6.07) is 2.79. The molecule has 0 aliphatic carbocycles. The summed E-state index contributed by atoms with van der Waals surface area (Å²) >= 11 is 0. The Hall–Kier alpha value is -2.03. The zero-order chi connectivity index (χ0) is 11.4. The number of hydrogen-bond acceptors (Lipinski definition) is 3. The van der Waals surface area contributed by atoms with Crippen LogP contribution >= 0.6 is 0 Å². The molecule has 78 valence electrons. The molecule has 0 unspecified atom stereocenters. The Morgan fingerprint density at radius 1 is 1.67 bits per heavy atom. The fourth-order valence-electron chi connectivity index (χ4n) is 0.967. The molecule has 1 aromatic rings. The van der Waals surface area contributed by atoms with Crippen LogP contribution in [-0.4, -0.2) is 29.4 Å². The summed E-state index contributed by atoms with van der Waals surface area (Å²) in [5.41, 5.74) is -0.430. The van der Waals surface area contributed by atoms with Gasteiger partial charge in [0.05, 0.1) is 11.6 Å². The molecule has 0 spiro atoms. The summed E-state index contributed by atoms with van der Waals surface area (Å²) in [6.45, 7) is -0.192. The third-order valence-corrected chi connectivity index (χ3v) is 1.73. The van der Waals surface area contributed by atoms with Crippen LogP contribution in [0.3, 0.4) is 0 Å². The van der Waals surface area contributed by atoms with Gasteiger partial charge in [-0.2, -0.15) is 9.65 Å². The van der Waals surface area contributed by atoms with Gasteiger partial charge in [0.25, 0.3) is 5.91 Å². The van der Waals surface area contributed by atoms with Crippen LogP contribution in [0.4, 0.5) is 8.78 Å². The molecule has 0 N–H and O–H groups in total. The van der Waals surface area contributed by atoms with Crippen LogP contribution in [-0.2, 0) is 0 Å². The summed E-state index contributed by atoms with van der Waals surface area (Å²) < 4.78 is 25.8. The highest BCUT2D eigenvalue weighted by molar-refractivity contribution is 5.94. The molecule has 0 bridgehead atoms. The summed E-state index contributed by atoms with van der Waals surface area (Å²) in [6.07, 6.45) is 0.992. The van der Waals surface area contributed by atoms with E-state index in [1.807, 2.05) is 0 Å². The second-order valence-corrected chi connectivity index (χ2v) is 2.78. The van der Waals surface area contributed by atoms with Crippen molar-refractivity contribution in [2.75, 3.05) is 13.6 Å². The fourth-order valence-corrected chi connectivity index (χ4v) is 0.967.